The Labute approximate surface area is 67.7 Å². The Balaban J connectivity index is 2.39. The van der Waals surface area contributed by atoms with Gasteiger partial charge in [0.1, 0.15) is 0 Å². The van der Waals surface area contributed by atoms with Gasteiger partial charge < -0.3 is 15.1 Å². The molecule has 1 aliphatic heterocycles. The van der Waals surface area contributed by atoms with Gasteiger partial charge in [0.2, 0.25) is 0 Å². The average Bonchev–Trinajstić information content (AvgIpc) is 2.05. The summed E-state index contributed by atoms with van der Waals surface area (Å²) < 4.78 is 0. The Bertz CT molecular complexity index is 137. The average molecular weight is 156 g/mol. The second-order valence-electron chi connectivity index (χ2n) is 2.96. The summed E-state index contributed by atoms with van der Waals surface area (Å²) in [6, 6.07) is 0. The first-order valence-corrected chi connectivity index (χ1v) is 3.93. The summed E-state index contributed by atoms with van der Waals surface area (Å²) in [5.41, 5.74) is 0. The number of hydrogen-bond acceptors (Lipinski definition) is 2. The van der Waals surface area contributed by atoms with E-state index in [0.717, 1.165) is 26.2 Å². The lowest BCUT2D eigenvalue weighted by Crippen LogP contribution is -2.50. The van der Waals surface area contributed by atoms with Crippen LogP contribution in [0.5, 0.6) is 0 Å². The van der Waals surface area contributed by atoms with Gasteiger partial charge in [-0.3, -0.25) is 5.41 Å². The molecule has 1 saturated heterocycles. The summed E-state index contributed by atoms with van der Waals surface area (Å²) in [5, 5.41) is 10.9. The van der Waals surface area contributed by atoms with Crippen LogP contribution < -0.4 is 5.32 Å². The Morgan fingerprint density at radius 2 is 1.91 bits per heavy atom. The van der Waals surface area contributed by atoms with E-state index in [9.17, 15) is 0 Å². The van der Waals surface area contributed by atoms with Crippen LogP contribution in [-0.4, -0.2) is 56.0 Å². The number of nitrogens with zero attached hydrogens (tertiary/aromatic N) is 2. The Morgan fingerprint density at radius 3 is 2.36 bits per heavy atom. The third kappa shape index (κ3) is 2.08. The predicted octanol–water partition coefficient (Wildman–Crippen LogP) is -0.612. The van der Waals surface area contributed by atoms with Gasteiger partial charge in [-0.25, -0.2) is 0 Å². The normalized spacial score (nSPS) is 18.2. The number of nitrogens with one attached hydrogen (secondary N) is 2. The number of hydrogen-bond donors (Lipinski definition) is 2. The van der Waals surface area contributed by atoms with Gasteiger partial charge in [0.05, 0.1) is 0 Å². The van der Waals surface area contributed by atoms with Crippen molar-refractivity contribution in [2.75, 3.05) is 40.3 Å². The van der Waals surface area contributed by atoms with E-state index in [0.29, 0.717) is 5.96 Å². The Morgan fingerprint density at radius 1 is 1.36 bits per heavy atom. The van der Waals surface area contributed by atoms with Crippen LogP contribution in [0.1, 0.15) is 0 Å². The lowest BCUT2D eigenvalue weighted by molar-refractivity contribution is 0.319. The van der Waals surface area contributed by atoms with Crippen LogP contribution in [0.4, 0.5) is 0 Å². The van der Waals surface area contributed by atoms with E-state index in [4.69, 9.17) is 5.41 Å². The molecule has 1 heterocycles. The molecule has 0 radical (unpaired) electrons. The van der Waals surface area contributed by atoms with Gasteiger partial charge in [-0.05, 0) is 0 Å². The van der Waals surface area contributed by atoms with E-state index in [1.807, 2.05) is 19.0 Å². The summed E-state index contributed by atoms with van der Waals surface area (Å²) in [6.07, 6.45) is 0. The van der Waals surface area contributed by atoms with Crippen molar-refractivity contribution in [2.45, 2.75) is 0 Å². The molecule has 0 saturated carbocycles. The fourth-order valence-corrected chi connectivity index (χ4v) is 1.16. The summed E-state index contributed by atoms with van der Waals surface area (Å²) in [6.45, 7) is 3.90. The molecule has 4 heteroatoms. The van der Waals surface area contributed by atoms with Crippen LogP contribution >= 0.6 is 0 Å². The fraction of sp³-hybridized carbons (Fsp3) is 0.857. The van der Waals surface area contributed by atoms with Crippen LogP contribution in [0.2, 0.25) is 0 Å². The largest absolute Gasteiger partial charge is 0.349 e. The van der Waals surface area contributed by atoms with Crippen molar-refractivity contribution in [1.82, 2.24) is 15.1 Å². The van der Waals surface area contributed by atoms with Gasteiger partial charge >= 0.3 is 0 Å². The molecule has 1 rings (SSSR count). The first-order valence-electron chi connectivity index (χ1n) is 3.93. The van der Waals surface area contributed by atoms with Gasteiger partial charge in [-0.1, -0.05) is 0 Å². The third-order valence-electron chi connectivity index (χ3n) is 1.84. The molecule has 1 aliphatic rings. The molecule has 0 amide bonds. The van der Waals surface area contributed by atoms with Gasteiger partial charge in [0.15, 0.2) is 5.96 Å². The van der Waals surface area contributed by atoms with Crippen molar-refractivity contribution < 1.29 is 0 Å². The highest BCUT2D eigenvalue weighted by Crippen LogP contribution is 1.94. The van der Waals surface area contributed by atoms with Crippen LogP contribution in [0.25, 0.3) is 0 Å². The van der Waals surface area contributed by atoms with Crippen molar-refractivity contribution in [2.24, 2.45) is 0 Å². The van der Waals surface area contributed by atoms with E-state index in [1.165, 1.54) is 0 Å². The topological polar surface area (TPSA) is 42.4 Å². The standard InChI is InChI=1S/C7H16N4/c1-10(2)7(8)11-5-3-9-4-6-11/h8-9H,3-6H2,1-2H3. The van der Waals surface area contributed by atoms with Crippen molar-refractivity contribution in [3.63, 3.8) is 0 Å². The first kappa shape index (κ1) is 8.33. The predicted molar refractivity (Wildman–Crippen MR) is 45.9 cm³/mol. The number of guanidine groups is 1. The zero-order valence-corrected chi connectivity index (χ0v) is 7.22. The van der Waals surface area contributed by atoms with Crippen molar-refractivity contribution in [3.8, 4) is 0 Å². The van der Waals surface area contributed by atoms with Crippen molar-refractivity contribution >= 4 is 5.96 Å². The molecule has 0 spiro atoms. The SMILES string of the molecule is CN(C)C(=N)N1CCNCC1. The highest BCUT2D eigenvalue weighted by molar-refractivity contribution is 5.76. The van der Waals surface area contributed by atoms with E-state index in [-0.39, 0.29) is 0 Å². The minimum absolute atomic E-state index is 0.617. The Kier molecular flexibility index (Phi) is 2.70. The minimum atomic E-state index is 0.617. The van der Waals surface area contributed by atoms with E-state index < -0.39 is 0 Å². The lowest BCUT2D eigenvalue weighted by Gasteiger charge is -2.32. The zero-order valence-electron chi connectivity index (χ0n) is 7.22. The molecule has 4 nitrogen and oxygen atoms in total. The van der Waals surface area contributed by atoms with E-state index >= 15 is 0 Å². The van der Waals surface area contributed by atoms with Crippen LogP contribution in [0.15, 0.2) is 0 Å². The molecule has 0 aromatic rings. The fourth-order valence-electron chi connectivity index (χ4n) is 1.16. The third-order valence-corrected chi connectivity index (χ3v) is 1.84. The van der Waals surface area contributed by atoms with Crippen LogP contribution in [0.3, 0.4) is 0 Å². The highest BCUT2D eigenvalue weighted by Gasteiger charge is 2.13. The maximum Gasteiger partial charge on any atom is 0.193 e. The molecular formula is C7H16N4. The van der Waals surface area contributed by atoms with Crippen molar-refractivity contribution in [1.29, 1.82) is 5.41 Å². The van der Waals surface area contributed by atoms with Gasteiger partial charge in [0, 0.05) is 40.3 Å². The lowest BCUT2D eigenvalue weighted by atomic mass is 10.4. The first-order chi connectivity index (χ1) is 5.22. The highest BCUT2D eigenvalue weighted by atomic mass is 15.4. The van der Waals surface area contributed by atoms with Crippen molar-refractivity contribution in [3.05, 3.63) is 0 Å². The molecule has 0 bridgehead atoms. The molecular weight excluding hydrogens is 140 g/mol. The van der Waals surface area contributed by atoms with E-state index in [2.05, 4.69) is 10.2 Å². The minimum Gasteiger partial charge on any atom is -0.349 e. The maximum absolute atomic E-state index is 7.66. The maximum atomic E-state index is 7.66. The molecule has 0 aliphatic carbocycles. The quantitative estimate of drug-likeness (QED) is 0.363. The summed E-state index contributed by atoms with van der Waals surface area (Å²) in [5.74, 6) is 0.617. The summed E-state index contributed by atoms with van der Waals surface area (Å²) >= 11 is 0. The zero-order chi connectivity index (χ0) is 8.27. The molecule has 0 unspecified atom stereocenters. The molecule has 1 fully saturated rings. The number of rotatable bonds is 0. The molecule has 0 aromatic heterocycles. The monoisotopic (exact) mass is 156 g/mol. The van der Waals surface area contributed by atoms with E-state index in [1.54, 1.807) is 0 Å². The van der Waals surface area contributed by atoms with Gasteiger partial charge in [-0.15, -0.1) is 0 Å². The summed E-state index contributed by atoms with van der Waals surface area (Å²) in [7, 11) is 3.81. The molecule has 0 aromatic carbocycles. The van der Waals surface area contributed by atoms with Crippen LogP contribution in [-0.2, 0) is 0 Å². The number of piperazine rings is 1. The molecule has 2 N–H and O–H groups in total. The van der Waals surface area contributed by atoms with Gasteiger partial charge in [0.25, 0.3) is 0 Å². The summed E-state index contributed by atoms with van der Waals surface area (Å²) in [4.78, 5) is 3.92. The van der Waals surface area contributed by atoms with Crippen LogP contribution in [0, 0.1) is 5.41 Å². The molecule has 64 valence electrons. The molecule has 11 heavy (non-hydrogen) atoms. The second kappa shape index (κ2) is 3.57. The molecule has 0 atom stereocenters. The smallest absolute Gasteiger partial charge is 0.193 e. The Hall–Kier alpha value is -0.770. The second-order valence-corrected chi connectivity index (χ2v) is 2.96. The van der Waals surface area contributed by atoms with Gasteiger partial charge in [-0.2, -0.15) is 0 Å².